The van der Waals surface area contributed by atoms with Crippen molar-refractivity contribution in [2.45, 2.75) is 12.1 Å². The first-order chi connectivity index (χ1) is 12.3. The summed E-state index contributed by atoms with van der Waals surface area (Å²) in [6.45, 7) is -0.131. The molecule has 14 heteroatoms. The van der Waals surface area contributed by atoms with Crippen molar-refractivity contribution < 1.29 is 41.1 Å². The van der Waals surface area contributed by atoms with Gasteiger partial charge in [0.05, 0.1) is 17.1 Å². The second-order valence-corrected chi connectivity index (χ2v) is 10.6. The van der Waals surface area contributed by atoms with Crippen molar-refractivity contribution in [2.75, 3.05) is 12.4 Å². The Morgan fingerprint density at radius 3 is 2.52 bits per heavy atom. The molecule has 0 bridgehead atoms. The fraction of sp³-hybridized carbons (Fsp3) is 0.308. The predicted octanol–water partition coefficient (Wildman–Crippen LogP) is 2.76. The van der Waals surface area contributed by atoms with Crippen LogP contribution in [0.1, 0.15) is 21.7 Å². The Kier molecular flexibility index (Phi) is 6.47. The molecule has 0 spiro atoms. The first-order valence-corrected chi connectivity index (χ1v) is 12.0. The highest BCUT2D eigenvalue weighted by Crippen LogP contribution is 2.63. The summed E-state index contributed by atoms with van der Waals surface area (Å²) in [5, 5.41) is 4.98. The minimum absolute atomic E-state index is 0.00230. The number of sulfonamides is 1. The molecule has 0 aliphatic carbocycles. The van der Waals surface area contributed by atoms with Crippen LogP contribution in [0.15, 0.2) is 16.6 Å². The van der Waals surface area contributed by atoms with E-state index in [0.29, 0.717) is 17.6 Å². The lowest BCUT2D eigenvalue weighted by molar-refractivity contribution is 0.0595. The molecule has 150 valence electrons. The summed E-state index contributed by atoms with van der Waals surface area (Å²) >= 11 is 3.30. The van der Waals surface area contributed by atoms with Gasteiger partial charge in [-0.05, 0) is 34.5 Å². The van der Waals surface area contributed by atoms with E-state index in [1.54, 1.807) is 0 Å². The largest absolute Gasteiger partial charge is 0.492 e. The minimum atomic E-state index is -5.80. The minimum Gasteiger partial charge on any atom is -0.492 e. The molecule has 0 amide bonds. The van der Waals surface area contributed by atoms with Gasteiger partial charge in [0.15, 0.2) is 0 Å². The zero-order valence-corrected chi connectivity index (χ0v) is 17.4. The second-order valence-electron chi connectivity index (χ2n) is 5.41. The number of aldehydes is 1. The molecule has 0 unspecified atom stereocenters. The van der Waals surface area contributed by atoms with Gasteiger partial charge in [-0.1, -0.05) is 0 Å². The van der Waals surface area contributed by atoms with Crippen molar-refractivity contribution >= 4 is 61.3 Å². The normalized spacial score (nSPS) is 13.1. The Balaban J connectivity index is 2.50. The molecule has 1 aromatic heterocycles. The highest BCUT2D eigenvalue weighted by atomic mass is 79.9. The molecule has 0 fully saturated rings. The maximum absolute atomic E-state index is 14.1. The fourth-order valence-corrected chi connectivity index (χ4v) is 5.60. The van der Waals surface area contributed by atoms with E-state index in [1.165, 1.54) is 12.1 Å². The van der Waals surface area contributed by atoms with Crippen LogP contribution in [-0.2, 0) is 20.3 Å². The van der Waals surface area contributed by atoms with Crippen LogP contribution in [0.3, 0.4) is 0 Å². The summed E-state index contributed by atoms with van der Waals surface area (Å²) in [5.74, 6) is -0.360. The molecule has 1 heterocycles. The number of carbonyl (C=O) groups excluding carboxylic acids is 1. The van der Waals surface area contributed by atoms with E-state index >= 15 is 0 Å². The van der Waals surface area contributed by atoms with E-state index in [2.05, 4.69) is 15.9 Å². The number of halogens is 3. The van der Waals surface area contributed by atoms with Gasteiger partial charge in [0.1, 0.15) is 16.9 Å². The van der Waals surface area contributed by atoms with Crippen molar-refractivity contribution in [1.29, 1.82) is 0 Å². The van der Waals surface area contributed by atoms with Gasteiger partial charge >= 0.3 is 13.3 Å². The van der Waals surface area contributed by atoms with Crippen LogP contribution in [0.25, 0.3) is 10.1 Å². The highest BCUT2D eigenvalue weighted by Gasteiger charge is 2.53. The summed E-state index contributed by atoms with van der Waals surface area (Å²) < 4.78 is 66.5. The zero-order valence-electron chi connectivity index (χ0n) is 13.3. The number of benzene rings is 1. The van der Waals surface area contributed by atoms with E-state index in [1.807, 2.05) is 0 Å². The molecule has 0 saturated heterocycles. The Morgan fingerprint density at radius 1 is 1.37 bits per heavy atom. The molecule has 0 aliphatic heterocycles. The van der Waals surface area contributed by atoms with Gasteiger partial charge in [0.25, 0.3) is 0 Å². The lowest BCUT2D eigenvalue weighted by Gasteiger charge is -2.16. The molecule has 2 rings (SSSR count). The molecule has 0 radical (unpaired) electrons. The summed E-state index contributed by atoms with van der Waals surface area (Å²) in [7, 11) is -9.49. The lowest BCUT2D eigenvalue weighted by atomic mass is 10.1. The Hall–Kier alpha value is -0.950. The van der Waals surface area contributed by atoms with E-state index in [0.717, 1.165) is 0 Å². The smallest absolute Gasteiger partial charge is 0.400 e. The van der Waals surface area contributed by atoms with Crippen LogP contribution >= 0.6 is 34.9 Å². The van der Waals surface area contributed by atoms with Crippen molar-refractivity contribution in [3.05, 3.63) is 27.0 Å². The maximum atomic E-state index is 14.1. The van der Waals surface area contributed by atoms with Gasteiger partial charge in [-0.2, -0.15) is 8.78 Å². The summed E-state index contributed by atoms with van der Waals surface area (Å²) in [6.07, 6.45) is 0.464. The first-order valence-electron chi connectivity index (χ1n) is 7.06. The number of hydrogen-bond acceptors (Lipinski definition) is 6. The van der Waals surface area contributed by atoms with Crippen LogP contribution in [-0.4, -0.2) is 36.9 Å². The average molecular weight is 508 g/mol. The predicted molar refractivity (Wildman–Crippen MR) is 98.9 cm³/mol. The van der Waals surface area contributed by atoms with Crippen LogP contribution < -0.4 is 9.88 Å². The van der Waals surface area contributed by atoms with Gasteiger partial charge in [0, 0.05) is 15.4 Å². The summed E-state index contributed by atoms with van der Waals surface area (Å²) in [5.41, 5.74) is -4.37. The number of fused-ring (bicyclic) bond motifs is 1. The van der Waals surface area contributed by atoms with Gasteiger partial charge in [0.2, 0.25) is 10.0 Å². The third-order valence-corrected chi connectivity index (χ3v) is 7.66. The number of thiophene rings is 1. The van der Waals surface area contributed by atoms with E-state index in [4.69, 9.17) is 19.7 Å². The second kappa shape index (κ2) is 7.82. The lowest BCUT2D eigenvalue weighted by Crippen LogP contribution is -2.18. The summed E-state index contributed by atoms with van der Waals surface area (Å²) in [6, 6.07) is 2.52. The number of ether oxygens (including phenoxy) is 1. The average Bonchev–Trinajstić information content (AvgIpc) is 2.87. The molecule has 27 heavy (non-hydrogen) atoms. The molecule has 4 N–H and O–H groups in total. The maximum Gasteiger partial charge on any atom is 0.400 e. The van der Waals surface area contributed by atoms with E-state index in [-0.39, 0.29) is 44.7 Å². The highest BCUT2D eigenvalue weighted by molar-refractivity contribution is 9.10. The van der Waals surface area contributed by atoms with Gasteiger partial charge < -0.3 is 14.5 Å². The Morgan fingerprint density at radius 2 is 2.00 bits per heavy atom. The molecular weight excluding hydrogens is 495 g/mol. The van der Waals surface area contributed by atoms with Crippen LogP contribution in [0.2, 0.25) is 0 Å². The first kappa shape index (κ1) is 22.3. The van der Waals surface area contributed by atoms with E-state index < -0.39 is 28.2 Å². The summed E-state index contributed by atoms with van der Waals surface area (Å²) in [4.78, 5) is 28.1. The zero-order chi connectivity index (χ0) is 20.6. The number of nitrogens with two attached hydrogens (primary N) is 1. The number of alkyl halides is 2. The Bertz CT molecular complexity index is 1030. The fourth-order valence-electron chi connectivity index (χ4n) is 2.10. The number of rotatable bonds is 8. The van der Waals surface area contributed by atoms with E-state index in [9.17, 15) is 26.6 Å². The molecular formula is C13H13BrF2NO7PS2. The quantitative estimate of drug-likeness (QED) is 0.283. The molecule has 0 aliphatic rings. The van der Waals surface area contributed by atoms with Crippen molar-refractivity contribution in [3.8, 4) is 5.75 Å². The monoisotopic (exact) mass is 507 g/mol. The number of carbonyl (C=O) groups is 1. The van der Waals surface area contributed by atoms with Crippen LogP contribution in [0.5, 0.6) is 5.75 Å². The van der Waals surface area contributed by atoms with Crippen molar-refractivity contribution in [2.24, 2.45) is 5.14 Å². The molecule has 8 nitrogen and oxygen atoms in total. The molecule has 2 aromatic rings. The van der Waals surface area contributed by atoms with Crippen LogP contribution in [0.4, 0.5) is 8.78 Å². The van der Waals surface area contributed by atoms with Gasteiger partial charge in [-0.25, -0.2) is 13.6 Å². The Labute approximate surface area is 164 Å². The molecule has 1 aromatic carbocycles. The van der Waals surface area contributed by atoms with Gasteiger partial charge in [-0.15, -0.1) is 11.3 Å². The number of primary sulfonamides is 1. The van der Waals surface area contributed by atoms with Crippen LogP contribution in [0, 0.1) is 0 Å². The topological polar surface area (TPSA) is 144 Å². The SMILES string of the molecule is NS(=O)(=O)CCCOc1cc(C=O)cc2c(Br)c(C(F)(F)P(=O)(O)O)sc12. The molecule has 0 saturated carbocycles. The standard InChI is InChI=1S/C13H13BrF2NO7PS2/c14-10-8-4-7(6-18)5-9(24-2-1-3-27(17,22)23)11(8)26-12(10)13(15,16)25(19,20)21/h4-6H,1-3H2,(H2,17,22,23)(H2,19,20,21). The van der Waals surface area contributed by atoms with Crippen molar-refractivity contribution in [3.63, 3.8) is 0 Å². The van der Waals surface area contributed by atoms with Crippen molar-refractivity contribution in [1.82, 2.24) is 0 Å². The third-order valence-electron chi connectivity index (χ3n) is 3.32. The third kappa shape index (κ3) is 4.91. The number of hydrogen-bond donors (Lipinski definition) is 3. The van der Waals surface area contributed by atoms with Gasteiger partial charge in [-0.3, -0.25) is 9.36 Å². The molecule has 0 atom stereocenters.